The molecule has 0 aromatic rings. The molecule has 2 heteroatoms. The fraction of sp³-hybridized carbons (Fsp3) is 1.00. The first-order chi connectivity index (χ1) is 6.76. The monoisotopic (exact) mass is 215 g/mol. The summed E-state index contributed by atoms with van der Waals surface area (Å²) in [5.74, 6) is 0.673. The van der Waals surface area contributed by atoms with Crippen LogP contribution in [0.3, 0.4) is 0 Å². The minimum atomic E-state index is -0.225. The second-order valence-electron chi connectivity index (χ2n) is 6.00. The van der Waals surface area contributed by atoms with E-state index in [1.165, 1.54) is 6.42 Å². The maximum absolute atomic E-state index is 9.83. The molecule has 0 aromatic carbocycles. The van der Waals surface area contributed by atoms with Crippen LogP contribution in [0.25, 0.3) is 0 Å². The largest absolute Gasteiger partial charge is 0.392 e. The van der Waals surface area contributed by atoms with Gasteiger partial charge in [-0.1, -0.05) is 41.0 Å². The molecule has 0 spiro atoms. The highest BCUT2D eigenvalue weighted by Crippen LogP contribution is 2.20. The van der Waals surface area contributed by atoms with Gasteiger partial charge in [-0.25, -0.2) is 0 Å². The second-order valence-corrected chi connectivity index (χ2v) is 6.00. The summed E-state index contributed by atoms with van der Waals surface area (Å²) in [7, 11) is 0. The molecule has 0 aromatic heterocycles. The lowest BCUT2D eigenvalue weighted by Gasteiger charge is -2.25. The van der Waals surface area contributed by atoms with Crippen LogP contribution in [-0.4, -0.2) is 23.8 Å². The van der Waals surface area contributed by atoms with Gasteiger partial charge in [0.2, 0.25) is 0 Å². The van der Waals surface area contributed by atoms with Gasteiger partial charge in [0.1, 0.15) is 0 Å². The summed E-state index contributed by atoms with van der Waals surface area (Å²) in [6.45, 7) is 13.8. The fourth-order valence-electron chi connectivity index (χ4n) is 1.66. The van der Waals surface area contributed by atoms with E-state index in [1.807, 2.05) is 0 Å². The molecule has 0 fully saturated rings. The molecule has 0 heterocycles. The number of hydrogen-bond donors (Lipinski definition) is 2. The molecule has 3 unspecified atom stereocenters. The highest BCUT2D eigenvalue weighted by Gasteiger charge is 2.17. The van der Waals surface area contributed by atoms with Crippen LogP contribution in [0.1, 0.15) is 54.4 Å². The fourth-order valence-corrected chi connectivity index (χ4v) is 1.66. The predicted molar refractivity (Wildman–Crippen MR) is 67.0 cm³/mol. The minimum Gasteiger partial charge on any atom is -0.392 e. The van der Waals surface area contributed by atoms with E-state index in [4.69, 9.17) is 0 Å². The van der Waals surface area contributed by atoms with Crippen LogP contribution in [0.15, 0.2) is 0 Å². The van der Waals surface area contributed by atoms with Crippen LogP contribution >= 0.6 is 0 Å². The Morgan fingerprint density at radius 2 is 1.73 bits per heavy atom. The molecule has 0 bridgehead atoms. The summed E-state index contributed by atoms with van der Waals surface area (Å²) < 4.78 is 0. The summed E-state index contributed by atoms with van der Waals surface area (Å²) in [5.41, 5.74) is 0.209. The zero-order chi connectivity index (χ0) is 12.1. The third-order valence-electron chi connectivity index (χ3n) is 3.02. The minimum absolute atomic E-state index is 0.209. The molecule has 0 amide bonds. The van der Waals surface area contributed by atoms with E-state index < -0.39 is 0 Å². The Hall–Kier alpha value is -0.0800. The highest BCUT2D eigenvalue weighted by atomic mass is 16.3. The molecular formula is C13H29NO. The summed E-state index contributed by atoms with van der Waals surface area (Å²) in [4.78, 5) is 0. The summed E-state index contributed by atoms with van der Waals surface area (Å²) in [6.07, 6.45) is 1.81. The van der Waals surface area contributed by atoms with Crippen molar-refractivity contribution >= 4 is 0 Å². The maximum Gasteiger partial charge on any atom is 0.0669 e. The third kappa shape index (κ3) is 7.80. The average molecular weight is 215 g/mol. The first-order valence-electron chi connectivity index (χ1n) is 6.17. The molecule has 0 aliphatic rings. The first-order valence-corrected chi connectivity index (χ1v) is 6.17. The van der Waals surface area contributed by atoms with Crippen molar-refractivity contribution in [3.8, 4) is 0 Å². The van der Waals surface area contributed by atoms with Gasteiger partial charge in [-0.3, -0.25) is 0 Å². The van der Waals surface area contributed by atoms with Gasteiger partial charge in [-0.05, 0) is 24.7 Å². The second kappa shape index (κ2) is 6.49. The van der Waals surface area contributed by atoms with Crippen LogP contribution in [-0.2, 0) is 0 Å². The van der Waals surface area contributed by atoms with Crippen LogP contribution in [0, 0.1) is 11.3 Å². The topological polar surface area (TPSA) is 32.3 Å². The molecule has 0 aliphatic carbocycles. The van der Waals surface area contributed by atoms with Crippen molar-refractivity contribution in [2.45, 2.75) is 66.5 Å². The van der Waals surface area contributed by atoms with E-state index in [1.54, 1.807) is 0 Å². The summed E-state index contributed by atoms with van der Waals surface area (Å²) in [6, 6.07) is 0.490. The van der Waals surface area contributed by atoms with E-state index in [2.05, 4.69) is 46.9 Å². The molecule has 3 atom stereocenters. The van der Waals surface area contributed by atoms with Crippen molar-refractivity contribution in [1.29, 1.82) is 0 Å². The molecule has 0 radical (unpaired) electrons. The van der Waals surface area contributed by atoms with E-state index in [0.29, 0.717) is 18.5 Å². The standard InChI is InChI=1S/C13H29NO/c1-7-10(2)11(3)14-9-12(15)8-13(4,5)6/h10-12,14-15H,7-9H2,1-6H3. The van der Waals surface area contributed by atoms with Crippen molar-refractivity contribution in [2.75, 3.05) is 6.54 Å². The summed E-state index contributed by atoms with van der Waals surface area (Å²) >= 11 is 0. The van der Waals surface area contributed by atoms with Gasteiger partial charge in [-0.15, -0.1) is 0 Å². The molecule has 0 aliphatic heterocycles. The number of nitrogens with one attached hydrogen (secondary N) is 1. The normalized spacial score (nSPS) is 18.6. The van der Waals surface area contributed by atoms with Gasteiger partial charge in [0.25, 0.3) is 0 Å². The Morgan fingerprint density at radius 3 is 2.13 bits per heavy atom. The van der Waals surface area contributed by atoms with Crippen LogP contribution in [0.5, 0.6) is 0 Å². The Bertz CT molecular complexity index is 162. The van der Waals surface area contributed by atoms with Crippen molar-refractivity contribution in [1.82, 2.24) is 5.32 Å². The smallest absolute Gasteiger partial charge is 0.0669 e. The van der Waals surface area contributed by atoms with Gasteiger partial charge in [0.15, 0.2) is 0 Å². The van der Waals surface area contributed by atoms with Crippen molar-refractivity contribution in [3.63, 3.8) is 0 Å². The van der Waals surface area contributed by atoms with E-state index >= 15 is 0 Å². The summed E-state index contributed by atoms with van der Waals surface area (Å²) in [5, 5.41) is 13.2. The van der Waals surface area contributed by atoms with Crippen molar-refractivity contribution in [3.05, 3.63) is 0 Å². The number of aliphatic hydroxyl groups is 1. The predicted octanol–water partition coefficient (Wildman–Crippen LogP) is 2.81. The molecule has 0 saturated heterocycles. The van der Waals surface area contributed by atoms with E-state index in [9.17, 15) is 5.11 Å². The van der Waals surface area contributed by atoms with E-state index in [0.717, 1.165) is 6.42 Å². The lowest BCUT2D eigenvalue weighted by molar-refractivity contribution is 0.114. The van der Waals surface area contributed by atoms with Gasteiger partial charge < -0.3 is 10.4 Å². The molecule has 15 heavy (non-hydrogen) atoms. The Kier molecular flexibility index (Phi) is 6.46. The lowest BCUT2D eigenvalue weighted by atomic mass is 9.89. The first kappa shape index (κ1) is 14.9. The molecule has 0 saturated carbocycles. The van der Waals surface area contributed by atoms with Crippen molar-refractivity contribution in [2.24, 2.45) is 11.3 Å². The molecular weight excluding hydrogens is 186 g/mol. The van der Waals surface area contributed by atoms with Gasteiger partial charge in [-0.2, -0.15) is 0 Å². The molecule has 92 valence electrons. The average Bonchev–Trinajstić information content (AvgIpc) is 2.10. The van der Waals surface area contributed by atoms with E-state index in [-0.39, 0.29) is 11.5 Å². The number of hydrogen-bond acceptors (Lipinski definition) is 2. The highest BCUT2D eigenvalue weighted by molar-refractivity contribution is 4.73. The maximum atomic E-state index is 9.83. The number of rotatable bonds is 6. The Labute approximate surface area is 95.5 Å². The van der Waals surface area contributed by atoms with Crippen LogP contribution < -0.4 is 5.32 Å². The molecule has 0 rings (SSSR count). The SMILES string of the molecule is CCC(C)C(C)NCC(O)CC(C)(C)C. The van der Waals surface area contributed by atoms with Crippen molar-refractivity contribution < 1.29 is 5.11 Å². The number of aliphatic hydroxyl groups excluding tert-OH is 1. The Morgan fingerprint density at radius 1 is 1.20 bits per heavy atom. The van der Waals surface area contributed by atoms with Crippen LogP contribution in [0.2, 0.25) is 0 Å². The lowest BCUT2D eigenvalue weighted by Crippen LogP contribution is -2.38. The quantitative estimate of drug-likeness (QED) is 0.714. The zero-order valence-corrected chi connectivity index (χ0v) is 11.3. The van der Waals surface area contributed by atoms with Gasteiger partial charge in [0, 0.05) is 12.6 Å². The van der Waals surface area contributed by atoms with Gasteiger partial charge in [0.05, 0.1) is 6.10 Å². The molecule has 2 nitrogen and oxygen atoms in total. The third-order valence-corrected chi connectivity index (χ3v) is 3.02. The molecule has 2 N–H and O–H groups in total. The zero-order valence-electron chi connectivity index (χ0n) is 11.3. The Balaban J connectivity index is 3.76. The van der Waals surface area contributed by atoms with Crippen LogP contribution in [0.4, 0.5) is 0 Å². The van der Waals surface area contributed by atoms with Gasteiger partial charge >= 0.3 is 0 Å².